The summed E-state index contributed by atoms with van der Waals surface area (Å²) in [4.78, 5) is 38.6. The number of nitrogens with zero attached hydrogens (tertiary/aromatic N) is 1. The molecule has 1 aliphatic rings. The number of anilines is 1. The maximum Gasteiger partial charge on any atom is 0.294 e. The van der Waals surface area contributed by atoms with Crippen molar-refractivity contribution in [1.29, 1.82) is 0 Å². The molecule has 0 bridgehead atoms. The number of nitrogens with one attached hydrogen (secondary N) is 1. The van der Waals surface area contributed by atoms with Crippen LogP contribution in [0.1, 0.15) is 16.7 Å². The van der Waals surface area contributed by atoms with Crippen LogP contribution in [-0.2, 0) is 9.59 Å². The molecule has 0 unspecified atom stereocenters. The Morgan fingerprint density at radius 1 is 1.10 bits per heavy atom. The van der Waals surface area contributed by atoms with E-state index in [-0.39, 0.29) is 11.4 Å². The maximum atomic E-state index is 12.7. The number of benzene rings is 2. The van der Waals surface area contributed by atoms with Gasteiger partial charge in [-0.15, -0.1) is 0 Å². The topological polar surface area (TPSA) is 84.9 Å². The van der Waals surface area contributed by atoms with Crippen molar-refractivity contribution < 1.29 is 23.9 Å². The van der Waals surface area contributed by atoms with Crippen molar-refractivity contribution in [2.24, 2.45) is 0 Å². The first-order valence-corrected chi connectivity index (χ1v) is 9.99. The average Bonchev–Trinajstić information content (AvgIpc) is 2.97. The number of amides is 3. The van der Waals surface area contributed by atoms with Gasteiger partial charge < -0.3 is 14.8 Å². The van der Waals surface area contributed by atoms with E-state index < -0.39 is 17.1 Å². The monoisotopic (exact) mass is 426 g/mol. The van der Waals surface area contributed by atoms with E-state index in [9.17, 15) is 14.4 Å². The molecule has 8 heteroatoms. The molecule has 3 rings (SSSR count). The third-order valence-corrected chi connectivity index (χ3v) is 5.59. The lowest BCUT2D eigenvalue weighted by atomic mass is 10.1. The summed E-state index contributed by atoms with van der Waals surface area (Å²) in [6.45, 7) is 3.56. The molecule has 0 radical (unpaired) electrons. The van der Waals surface area contributed by atoms with Gasteiger partial charge >= 0.3 is 0 Å². The Bertz CT molecular complexity index is 1050. The van der Waals surface area contributed by atoms with E-state index in [1.165, 1.54) is 14.2 Å². The minimum atomic E-state index is -0.523. The first kappa shape index (κ1) is 21.4. The van der Waals surface area contributed by atoms with Crippen LogP contribution < -0.4 is 14.8 Å². The van der Waals surface area contributed by atoms with Crippen LogP contribution in [0.4, 0.5) is 10.5 Å². The van der Waals surface area contributed by atoms with Crippen LogP contribution >= 0.6 is 11.8 Å². The van der Waals surface area contributed by atoms with Gasteiger partial charge in [-0.1, -0.05) is 18.2 Å². The molecule has 1 N–H and O–H groups in total. The Morgan fingerprint density at radius 3 is 2.53 bits per heavy atom. The molecule has 1 saturated heterocycles. The van der Waals surface area contributed by atoms with E-state index in [1.807, 2.05) is 26.0 Å². The lowest BCUT2D eigenvalue weighted by Gasteiger charge is -2.13. The highest BCUT2D eigenvalue weighted by Gasteiger charge is 2.36. The zero-order valence-corrected chi connectivity index (χ0v) is 18.0. The molecule has 156 valence electrons. The fourth-order valence-corrected chi connectivity index (χ4v) is 3.80. The number of para-hydroxylation sites is 1. The first-order valence-electron chi connectivity index (χ1n) is 9.17. The van der Waals surface area contributed by atoms with Crippen molar-refractivity contribution >= 4 is 40.6 Å². The average molecular weight is 426 g/mol. The fraction of sp³-hybridized carbons (Fsp3) is 0.227. The second-order valence-electron chi connectivity index (χ2n) is 6.70. The van der Waals surface area contributed by atoms with Gasteiger partial charge in [-0.05, 0) is 61.0 Å². The summed E-state index contributed by atoms with van der Waals surface area (Å²) in [6.07, 6.45) is 1.56. The molecule has 30 heavy (non-hydrogen) atoms. The zero-order valence-electron chi connectivity index (χ0n) is 17.1. The molecule has 1 aliphatic heterocycles. The minimum Gasteiger partial charge on any atom is -0.493 e. The molecule has 0 saturated carbocycles. The van der Waals surface area contributed by atoms with Gasteiger partial charge in [0.05, 0.1) is 19.1 Å². The van der Waals surface area contributed by atoms with Gasteiger partial charge in [-0.25, -0.2) is 0 Å². The van der Waals surface area contributed by atoms with Crippen LogP contribution in [0.5, 0.6) is 11.5 Å². The van der Waals surface area contributed by atoms with E-state index >= 15 is 0 Å². The summed E-state index contributed by atoms with van der Waals surface area (Å²) in [5.41, 5.74) is 3.36. The molecular weight excluding hydrogens is 404 g/mol. The molecule has 2 aromatic carbocycles. The number of rotatable bonds is 6. The molecular formula is C22H22N2O5S. The van der Waals surface area contributed by atoms with Crippen LogP contribution in [0.25, 0.3) is 6.08 Å². The number of methoxy groups -OCH3 is 2. The van der Waals surface area contributed by atoms with Crippen LogP contribution in [0.2, 0.25) is 0 Å². The standard InChI is InChI=1S/C22H22N2O5S/c1-13-8-9-16(10-14(13)2)23-19(25)12-24-21(26)18(30-22(24)27)11-15-6-5-7-17(28-3)20(15)29-4/h5-11H,12H2,1-4H3,(H,23,25)/b18-11+. The molecule has 3 amide bonds. The Kier molecular flexibility index (Phi) is 6.47. The first-order chi connectivity index (χ1) is 14.3. The summed E-state index contributed by atoms with van der Waals surface area (Å²) in [7, 11) is 3.02. The van der Waals surface area contributed by atoms with E-state index in [2.05, 4.69) is 5.32 Å². The zero-order chi connectivity index (χ0) is 21.8. The van der Waals surface area contributed by atoms with Gasteiger partial charge in [0, 0.05) is 11.3 Å². The van der Waals surface area contributed by atoms with Crippen molar-refractivity contribution in [2.45, 2.75) is 13.8 Å². The number of carbonyl (C=O) groups excluding carboxylic acids is 3. The van der Waals surface area contributed by atoms with Gasteiger partial charge in [-0.2, -0.15) is 0 Å². The summed E-state index contributed by atoms with van der Waals surface area (Å²) in [5.74, 6) is 0.00315. The number of hydrogen-bond donors (Lipinski definition) is 1. The SMILES string of the molecule is COc1cccc(/C=C2/SC(=O)N(CC(=O)Nc3ccc(C)c(C)c3)C2=O)c1OC. The van der Waals surface area contributed by atoms with E-state index in [0.717, 1.165) is 27.8 Å². The minimum absolute atomic E-state index is 0.213. The fourth-order valence-electron chi connectivity index (χ4n) is 2.97. The van der Waals surface area contributed by atoms with E-state index in [1.54, 1.807) is 30.3 Å². The highest BCUT2D eigenvalue weighted by atomic mass is 32.2. The lowest BCUT2D eigenvalue weighted by molar-refractivity contribution is -0.127. The Labute approximate surface area is 179 Å². The molecule has 0 aliphatic carbocycles. The second kappa shape index (κ2) is 9.04. The third kappa shape index (κ3) is 4.49. The molecule has 0 aromatic heterocycles. The predicted octanol–water partition coefficient (Wildman–Crippen LogP) is 4.00. The number of carbonyl (C=O) groups is 3. The maximum absolute atomic E-state index is 12.7. The molecule has 1 fully saturated rings. The Balaban J connectivity index is 1.75. The van der Waals surface area contributed by atoms with Crippen LogP contribution in [0.15, 0.2) is 41.3 Å². The number of thioether (sulfide) groups is 1. The molecule has 7 nitrogen and oxygen atoms in total. The summed E-state index contributed by atoms with van der Waals surface area (Å²) >= 11 is 0.784. The molecule has 0 atom stereocenters. The van der Waals surface area contributed by atoms with Crippen molar-refractivity contribution in [2.75, 3.05) is 26.1 Å². The predicted molar refractivity (Wildman–Crippen MR) is 117 cm³/mol. The van der Waals surface area contributed by atoms with Gasteiger partial charge in [0.2, 0.25) is 5.91 Å². The van der Waals surface area contributed by atoms with Crippen LogP contribution in [-0.4, -0.2) is 42.7 Å². The smallest absolute Gasteiger partial charge is 0.294 e. The van der Waals surface area contributed by atoms with Crippen molar-refractivity contribution in [3.8, 4) is 11.5 Å². The van der Waals surface area contributed by atoms with Crippen molar-refractivity contribution in [1.82, 2.24) is 4.90 Å². The largest absolute Gasteiger partial charge is 0.493 e. The van der Waals surface area contributed by atoms with E-state index in [0.29, 0.717) is 22.7 Å². The summed E-state index contributed by atoms with van der Waals surface area (Å²) in [5, 5.41) is 2.23. The quantitative estimate of drug-likeness (QED) is 0.703. The third-order valence-electron chi connectivity index (χ3n) is 4.69. The van der Waals surface area contributed by atoms with Gasteiger partial charge in [0.15, 0.2) is 11.5 Å². The number of aryl methyl sites for hydroxylation is 2. The van der Waals surface area contributed by atoms with Crippen molar-refractivity contribution in [3.63, 3.8) is 0 Å². The van der Waals surface area contributed by atoms with Gasteiger partial charge in [0.25, 0.3) is 11.1 Å². The summed E-state index contributed by atoms with van der Waals surface area (Å²) < 4.78 is 10.6. The number of hydrogen-bond acceptors (Lipinski definition) is 6. The highest BCUT2D eigenvalue weighted by molar-refractivity contribution is 8.18. The van der Waals surface area contributed by atoms with Gasteiger partial charge in [0.1, 0.15) is 6.54 Å². The van der Waals surface area contributed by atoms with E-state index in [4.69, 9.17) is 9.47 Å². The molecule has 2 aromatic rings. The number of imide groups is 1. The molecule has 1 heterocycles. The highest BCUT2D eigenvalue weighted by Crippen LogP contribution is 2.37. The van der Waals surface area contributed by atoms with Crippen molar-refractivity contribution in [3.05, 3.63) is 58.0 Å². The normalized spacial score (nSPS) is 14.9. The lowest BCUT2D eigenvalue weighted by Crippen LogP contribution is -2.36. The Hall–Kier alpha value is -3.26. The molecule has 0 spiro atoms. The van der Waals surface area contributed by atoms with Crippen LogP contribution in [0.3, 0.4) is 0 Å². The van der Waals surface area contributed by atoms with Crippen LogP contribution in [0, 0.1) is 13.8 Å². The van der Waals surface area contributed by atoms with Gasteiger partial charge in [-0.3, -0.25) is 19.3 Å². The number of ether oxygens (including phenoxy) is 2. The summed E-state index contributed by atoms with van der Waals surface area (Å²) in [6, 6.07) is 10.8. The Morgan fingerprint density at radius 2 is 1.87 bits per heavy atom. The second-order valence-corrected chi connectivity index (χ2v) is 7.69.